The molecule has 0 saturated heterocycles. The maximum absolute atomic E-state index is 5.72. The van der Waals surface area contributed by atoms with Crippen molar-refractivity contribution in [1.82, 2.24) is 0 Å². The minimum Gasteiger partial charge on any atom is -0.490 e. The van der Waals surface area contributed by atoms with Crippen molar-refractivity contribution >= 4 is 15.9 Å². The van der Waals surface area contributed by atoms with Crippen molar-refractivity contribution in [1.29, 1.82) is 0 Å². The lowest BCUT2D eigenvalue weighted by atomic mass is 10.1. The van der Waals surface area contributed by atoms with Gasteiger partial charge in [-0.3, -0.25) is 0 Å². The topological polar surface area (TPSA) is 35.2 Å². The van der Waals surface area contributed by atoms with Crippen LogP contribution in [0, 0.1) is 0 Å². The van der Waals surface area contributed by atoms with Gasteiger partial charge in [-0.25, -0.2) is 0 Å². The number of nitrogens with two attached hydrogens (primary N) is 1. The van der Waals surface area contributed by atoms with Crippen molar-refractivity contribution in [2.45, 2.75) is 18.9 Å². The highest BCUT2D eigenvalue weighted by Crippen LogP contribution is 2.34. The van der Waals surface area contributed by atoms with E-state index in [0.717, 1.165) is 23.1 Å². The summed E-state index contributed by atoms with van der Waals surface area (Å²) in [6.07, 6.45) is 2.19. The summed E-state index contributed by atoms with van der Waals surface area (Å²) in [6.45, 7) is 0.691. The highest BCUT2D eigenvalue weighted by molar-refractivity contribution is 9.10. The van der Waals surface area contributed by atoms with E-state index in [1.165, 1.54) is 5.56 Å². The molecule has 1 aliphatic rings. The minimum absolute atomic E-state index is 0.277. The van der Waals surface area contributed by atoms with Crippen LogP contribution in [0.15, 0.2) is 22.7 Å². The lowest BCUT2D eigenvalue weighted by Crippen LogP contribution is -2.17. The summed E-state index contributed by atoms with van der Waals surface area (Å²) in [5.74, 6) is 1.01. The minimum atomic E-state index is 0.277. The third-order valence-corrected chi connectivity index (χ3v) is 3.03. The Hall–Kier alpha value is -0.540. The van der Waals surface area contributed by atoms with E-state index in [0.29, 0.717) is 6.54 Å². The van der Waals surface area contributed by atoms with Crippen LogP contribution in [0.5, 0.6) is 5.75 Å². The Bertz CT molecular complexity index is 314. The molecule has 0 amide bonds. The third-order valence-electron chi connectivity index (χ3n) is 2.29. The Morgan fingerprint density at radius 2 is 2.38 bits per heavy atom. The smallest absolute Gasteiger partial charge is 0.124 e. The van der Waals surface area contributed by atoms with Crippen LogP contribution in [-0.4, -0.2) is 12.6 Å². The molecule has 2 nitrogen and oxygen atoms in total. The number of ether oxygens (including phenoxy) is 1. The molecule has 2 N–H and O–H groups in total. The summed E-state index contributed by atoms with van der Waals surface area (Å²) < 4.78 is 6.86. The van der Waals surface area contributed by atoms with Gasteiger partial charge >= 0.3 is 0 Å². The summed E-state index contributed by atoms with van der Waals surface area (Å²) in [4.78, 5) is 0. The van der Waals surface area contributed by atoms with E-state index in [-0.39, 0.29) is 6.10 Å². The van der Waals surface area contributed by atoms with Crippen LogP contribution in [0.2, 0.25) is 0 Å². The number of benzene rings is 1. The third kappa shape index (κ3) is 1.71. The molecule has 0 fully saturated rings. The normalized spacial score (nSPS) is 19.7. The van der Waals surface area contributed by atoms with Gasteiger partial charge in [-0.05, 0) is 25.1 Å². The second-order valence-electron chi connectivity index (χ2n) is 3.24. The number of hydrogen-bond donors (Lipinski definition) is 1. The van der Waals surface area contributed by atoms with Gasteiger partial charge < -0.3 is 10.5 Å². The molecule has 70 valence electrons. The van der Waals surface area contributed by atoms with Crippen molar-refractivity contribution in [2.75, 3.05) is 6.54 Å². The Labute approximate surface area is 86.2 Å². The van der Waals surface area contributed by atoms with Gasteiger partial charge in [-0.1, -0.05) is 22.0 Å². The molecule has 13 heavy (non-hydrogen) atoms. The lowest BCUT2D eigenvalue weighted by molar-refractivity contribution is 0.224. The van der Waals surface area contributed by atoms with Crippen molar-refractivity contribution < 1.29 is 4.74 Å². The SMILES string of the molecule is NCCC1Cc2c(Br)cccc2O1. The van der Waals surface area contributed by atoms with E-state index in [1.807, 2.05) is 18.2 Å². The second kappa shape index (κ2) is 3.68. The van der Waals surface area contributed by atoms with Gasteiger partial charge in [0.15, 0.2) is 0 Å². The van der Waals surface area contributed by atoms with Gasteiger partial charge in [0.2, 0.25) is 0 Å². The molecule has 1 heterocycles. The molecule has 2 rings (SSSR count). The molecule has 1 unspecified atom stereocenters. The second-order valence-corrected chi connectivity index (χ2v) is 4.09. The first kappa shape index (κ1) is 9.03. The molecule has 0 radical (unpaired) electrons. The zero-order valence-corrected chi connectivity index (χ0v) is 8.88. The molecular weight excluding hydrogens is 230 g/mol. The van der Waals surface area contributed by atoms with Gasteiger partial charge in [0.05, 0.1) is 0 Å². The molecule has 1 aliphatic heterocycles. The van der Waals surface area contributed by atoms with E-state index in [2.05, 4.69) is 15.9 Å². The van der Waals surface area contributed by atoms with E-state index in [9.17, 15) is 0 Å². The van der Waals surface area contributed by atoms with E-state index in [1.54, 1.807) is 0 Å². The Morgan fingerprint density at radius 1 is 1.54 bits per heavy atom. The molecule has 1 aromatic rings. The van der Waals surface area contributed by atoms with Crippen LogP contribution < -0.4 is 10.5 Å². The van der Waals surface area contributed by atoms with Crippen LogP contribution in [0.25, 0.3) is 0 Å². The van der Waals surface area contributed by atoms with Gasteiger partial charge in [0.25, 0.3) is 0 Å². The van der Waals surface area contributed by atoms with Crippen molar-refractivity contribution in [3.05, 3.63) is 28.2 Å². The van der Waals surface area contributed by atoms with Crippen LogP contribution in [0.4, 0.5) is 0 Å². The molecule has 0 saturated carbocycles. The largest absolute Gasteiger partial charge is 0.490 e. The Morgan fingerprint density at radius 3 is 3.08 bits per heavy atom. The predicted octanol–water partition coefficient (Wildman–Crippen LogP) is 2.10. The van der Waals surface area contributed by atoms with Gasteiger partial charge in [0.1, 0.15) is 11.9 Å². The quantitative estimate of drug-likeness (QED) is 0.861. The van der Waals surface area contributed by atoms with Gasteiger partial charge in [-0.15, -0.1) is 0 Å². The number of halogens is 1. The maximum atomic E-state index is 5.72. The van der Waals surface area contributed by atoms with Crippen LogP contribution in [0.1, 0.15) is 12.0 Å². The van der Waals surface area contributed by atoms with Crippen molar-refractivity contribution in [3.8, 4) is 5.75 Å². The fourth-order valence-electron chi connectivity index (χ4n) is 1.64. The first-order valence-corrected chi connectivity index (χ1v) is 5.24. The first-order chi connectivity index (χ1) is 6.31. The maximum Gasteiger partial charge on any atom is 0.124 e. The molecule has 3 heteroatoms. The van der Waals surface area contributed by atoms with Gasteiger partial charge in [-0.2, -0.15) is 0 Å². The average Bonchev–Trinajstić information content (AvgIpc) is 2.49. The summed E-state index contributed by atoms with van der Waals surface area (Å²) in [5, 5.41) is 0. The predicted molar refractivity (Wildman–Crippen MR) is 55.9 cm³/mol. The molecule has 0 bridgehead atoms. The number of hydrogen-bond acceptors (Lipinski definition) is 2. The zero-order valence-electron chi connectivity index (χ0n) is 7.29. The molecule has 0 aromatic heterocycles. The Kier molecular flexibility index (Phi) is 2.56. The molecule has 0 spiro atoms. The van der Waals surface area contributed by atoms with Gasteiger partial charge in [0, 0.05) is 16.5 Å². The summed E-state index contributed by atoms with van der Waals surface area (Å²) in [7, 11) is 0. The zero-order chi connectivity index (χ0) is 9.26. The fraction of sp³-hybridized carbons (Fsp3) is 0.400. The Balaban J connectivity index is 2.20. The van der Waals surface area contributed by atoms with Crippen molar-refractivity contribution in [3.63, 3.8) is 0 Å². The highest BCUT2D eigenvalue weighted by Gasteiger charge is 2.23. The molecule has 0 aliphatic carbocycles. The monoisotopic (exact) mass is 241 g/mol. The molecule has 1 atom stereocenters. The first-order valence-electron chi connectivity index (χ1n) is 4.45. The van der Waals surface area contributed by atoms with Crippen LogP contribution >= 0.6 is 15.9 Å². The molecular formula is C10H12BrNO. The number of rotatable bonds is 2. The highest BCUT2D eigenvalue weighted by atomic mass is 79.9. The van der Waals surface area contributed by atoms with Crippen LogP contribution in [-0.2, 0) is 6.42 Å². The van der Waals surface area contributed by atoms with Crippen molar-refractivity contribution in [2.24, 2.45) is 5.73 Å². The fourth-order valence-corrected chi connectivity index (χ4v) is 2.15. The molecule has 1 aromatic carbocycles. The van der Waals surface area contributed by atoms with E-state index in [4.69, 9.17) is 10.5 Å². The lowest BCUT2D eigenvalue weighted by Gasteiger charge is -2.07. The summed E-state index contributed by atoms with van der Waals surface area (Å²) in [5.41, 5.74) is 6.77. The van der Waals surface area contributed by atoms with Crippen LogP contribution in [0.3, 0.4) is 0 Å². The van der Waals surface area contributed by atoms with E-state index < -0.39 is 0 Å². The van der Waals surface area contributed by atoms with E-state index >= 15 is 0 Å². The summed E-state index contributed by atoms with van der Waals surface area (Å²) >= 11 is 3.51. The summed E-state index contributed by atoms with van der Waals surface area (Å²) in [6, 6.07) is 6.05. The standard InChI is InChI=1S/C10H12BrNO/c11-9-2-1-3-10-8(9)6-7(13-10)4-5-12/h1-3,7H,4-6,12H2. The average molecular weight is 242 g/mol. The number of fused-ring (bicyclic) bond motifs is 1.